The maximum atomic E-state index is 12.8. The van der Waals surface area contributed by atoms with Crippen LogP contribution in [0.2, 0.25) is 0 Å². The van der Waals surface area contributed by atoms with Gasteiger partial charge in [-0.05, 0) is 85.7 Å². The third-order valence-electron chi connectivity index (χ3n) is 8.99. The number of benzene rings is 2. The van der Waals surface area contributed by atoms with Crippen LogP contribution in [-0.2, 0) is 6.42 Å². The van der Waals surface area contributed by atoms with Crippen molar-refractivity contribution in [2.45, 2.75) is 50.6 Å². The van der Waals surface area contributed by atoms with Crippen LogP contribution in [0.25, 0.3) is 11.1 Å². The second-order valence-corrected chi connectivity index (χ2v) is 10.6. The second kappa shape index (κ2) is 8.19. The average Bonchev–Trinajstić information content (AvgIpc) is 3.65. The number of amides is 1. The zero-order chi connectivity index (χ0) is 23.4. The number of aryl methyl sites for hydroxylation is 1. The maximum Gasteiger partial charge on any atom is 0.408 e. The summed E-state index contributed by atoms with van der Waals surface area (Å²) in [7, 11) is 3.33. The number of ether oxygens (including phenoxy) is 2. The lowest BCUT2D eigenvalue weighted by Gasteiger charge is -2.52. The van der Waals surface area contributed by atoms with E-state index < -0.39 is 6.09 Å². The number of fused-ring (bicyclic) bond motifs is 4. The normalized spacial score (nSPS) is 28.3. The Balaban J connectivity index is 1.41. The van der Waals surface area contributed by atoms with E-state index in [9.17, 15) is 9.90 Å². The summed E-state index contributed by atoms with van der Waals surface area (Å²) in [4.78, 5) is 17.2. The van der Waals surface area contributed by atoms with Gasteiger partial charge in [0.05, 0.1) is 26.3 Å². The number of carbonyl (C=O) groups is 1. The predicted octanol–water partition coefficient (Wildman–Crippen LogP) is 5.21. The van der Waals surface area contributed by atoms with Crippen LogP contribution in [-0.4, -0.2) is 60.9 Å². The Morgan fingerprint density at radius 3 is 2.50 bits per heavy atom. The molecule has 2 aromatic rings. The number of nitrogens with zero attached hydrogens (tertiary/aromatic N) is 2. The second-order valence-electron chi connectivity index (χ2n) is 10.6. The molecule has 6 heteroatoms. The molecule has 2 aromatic carbocycles. The highest BCUT2D eigenvalue weighted by atomic mass is 16.5. The van der Waals surface area contributed by atoms with Gasteiger partial charge in [-0.1, -0.05) is 30.3 Å². The molecule has 1 N–H and O–H groups in total. The highest BCUT2D eigenvalue weighted by Gasteiger charge is 2.57. The number of methoxy groups -OCH3 is 2. The van der Waals surface area contributed by atoms with Crippen LogP contribution in [0.1, 0.15) is 49.3 Å². The van der Waals surface area contributed by atoms with Gasteiger partial charge in [0.25, 0.3) is 0 Å². The van der Waals surface area contributed by atoms with E-state index >= 15 is 0 Å². The first-order chi connectivity index (χ1) is 16.5. The van der Waals surface area contributed by atoms with Gasteiger partial charge in [-0.15, -0.1) is 0 Å². The molecule has 0 aromatic heterocycles. The zero-order valence-corrected chi connectivity index (χ0v) is 20.1. The minimum atomic E-state index is -0.749. The molecule has 3 heterocycles. The van der Waals surface area contributed by atoms with Gasteiger partial charge in [0, 0.05) is 12.1 Å². The number of hydrogen-bond acceptors (Lipinski definition) is 4. The maximum absolute atomic E-state index is 12.8. The Morgan fingerprint density at radius 1 is 1.09 bits per heavy atom. The minimum Gasteiger partial charge on any atom is -0.493 e. The fourth-order valence-corrected chi connectivity index (χ4v) is 7.04. The van der Waals surface area contributed by atoms with Crippen molar-refractivity contribution in [2.75, 3.05) is 33.9 Å². The van der Waals surface area contributed by atoms with Gasteiger partial charge in [-0.3, -0.25) is 4.90 Å². The molecule has 34 heavy (non-hydrogen) atoms. The quantitative estimate of drug-likeness (QED) is 0.661. The summed E-state index contributed by atoms with van der Waals surface area (Å²) in [5, 5.41) is 10.5. The Labute approximate surface area is 201 Å². The van der Waals surface area contributed by atoms with Crippen molar-refractivity contribution in [1.82, 2.24) is 9.80 Å². The van der Waals surface area contributed by atoms with Crippen LogP contribution >= 0.6 is 0 Å². The summed E-state index contributed by atoms with van der Waals surface area (Å²) in [6, 6.07) is 12.6. The Hall–Kier alpha value is -2.73. The molecule has 1 unspecified atom stereocenters. The van der Waals surface area contributed by atoms with Gasteiger partial charge in [0.15, 0.2) is 11.5 Å². The lowest BCUT2D eigenvalue weighted by atomic mass is 9.73. The highest BCUT2D eigenvalue weighted by molar-refractivity contribution is 5.75. The SMILES string of the molecule is COc1cccc(-c2ccc3c(c2)CCC2(CC2)[C@@H]3N(C(=O)O)C2CN3CCC2CC3)c1OC. The van der Waals surface area contributed by atoms with Gasteiger partial charge < -0.3 is 19.5 Å². The molecule has 0 radical (unpaired) electrons. The first kappa shape index (κ1) is 21.8. The van der Waals surface area contributed by atoms with E-state index in [0.717, 1.165) is 75.0 Å². The van der Waals surface area contributed by atoms with Crippen molar-refractivity contribution in [1.29, 1.82) is 0 Å². The van der Waals surface area contributed by atoms with Gasteiger partial charge in [0.2, 0.25) is 0 Å². The molecule has 5 aliphatic rings. The molecular formula is C28H34N2O4. The average molecular weight is 463 g/mol. The third kappa shape index (κ3) is 3.37. The first-order valence-corrected chi connectivity index (χ1v) is 12.6. The molecule has 1 spiro atoms. The van der Waals surface area contributed by atoms with Crippen molar-refractivity contribution < 1.29 is 19.4 Å². The smallest absolute Gasteiger partial charge is 0.408 e. The van der Waals surface area contributed by atoms with Crippen molar-refractivity contribution in [3.63, 3.8) is 0 Å². The highest BCUT2D eigenvalue weighted by Crippen LogP contribution is 2.64. The van der Waals surface area contributed by atoms with Crippen LogP contribution in [0.5, 0.6) is 11.5 Å². The predicted molar refractivity (Wildman–Crippen MR) is 131 cm³/mol. The van der Waals surface area contributed by atoms with Crippen LogP contribution < -0.4 is 9.47 Å². The van der Waals surface area contributed by atoms with E-state index in [4.69, 9.17) is 9.47 Å². The van der Waals surface area contributed by atoms with E-state index in [1.807, 2.05) is 17.0 Å². The Bertz CT molecular complexity index is 1100. The van der Waals surface area contributed by atoms with Gasteiger partial charge in [-0.2, -0.15) is 0 Å². The van der Waals surface area contributed by atoms with E-state index in [0.29, 0.717) is 11.7 Å². The summed E-state index contributed by atoms with van der Waals surface area (Å²) in [5.74, 6) is 1.94. The third-order valence-corrected chi connectivity index (χ3v) is 8.99. The molecular weight excluding hydrogens is 428 g/mol. The number of carboxylic acid groups (broad SMARTS) is 1. The lowest BCUT2D eigenvalue weighted by molar-refractivity contribution is -0.0243. The van der Waals surface area contributed by atoms with Gasteiger partial charge in [0.1, 0.15) is 0 Å². The number of piperidine rings is 3. The fourth-order valence-electron chi connectivity index (χ4n) is 7.04. The van der Waals surface area contributed by atoms with Gasteiger partial charge >= 0.3 is 6.09 Å². The molecule has 3 saturated heterocycles. The summed E-state index contributed by atoms with van der Waals surface area (Å²) < 4.78 is 11.2. The monoisotopic (exact) mass is 462 g/mol. The molecule has 1 amide bonds. The topological polar surface area (TPSA) is 62.2 Å². The lowest BCUT2D eigenvalue weighted by Crippen LogP contribution is -2.60. The molecule has 2 aliphatic carbocycles. The summed E-state index contributed by atoms with van der Waals surface area (Å²) in [6.45, 7) is 3.12. The number of para-hydroxylation sites is 1. The summed E-state index contributed by atoms with van der Waals surface area (Å²) >= 11 is 0. The first-order valence-electron chi connectivity index (χ1n) is 12.6. The summed E-state index contributed by atoms with van der Waals surface area (Å²) in [5.41, 5.74) is 4.70. The van der Waals surface area contributed by atoms with Crippen LogP contribution in [0, 0.1) is 11.3 Å². The summed E-state index contributed by atoms with van der Waals surface area (Å²) in [6.07, 6.45) is 5.82. The molecule has 180 valence electrons. The minimum absolute atomic E-state index is 0.0412. The Kier molecular flexibility index (Phi) is 5.25. The molecule has 2 bridgehead atoms. The molecule has 1 saturated carbocycles. The van der Waals surface area contributed by atoms with Gasteiger partial charge in [-0.25, -0.2) is 4.79 Å². The zero-order valence-electron chi connectivity index (χ0n) is 20.1. The molecule has 7 rings (SSSR count). The van der Waals surface area contributed by atoms with Crippen molar-refractivity contribution >= 4 is 6.09 Å². The standard InChI is InChI=1S/C28H34N2O4/c1-33-24-5-3-4-21(25(24)34-2)19-6-7-22-20(16-19)8-11-28(12-13-28)26(22)30(27(31)32)23-17-29-14-9-18(23)10-15-29/h3-7,16,18,23,26H,8-15,17H2,1-2H3,(H,31,32)/t23?,26-/m1/s1. The molecule has 3 aliphatic heterocycles. The van der Waals surface area contributed by atoms with Crippen LogP contribution in [0.15, 0.2) is 36.4 Å². The van der Waals surface area contributed by atoms with Crippen molar-refractivity contribution in [3.8, 4) is 22.6 Å². The largest absolute Gasteiger partial charge is 0.493 e. The van der Waals surface area contributed by atoms with E-state index in [2.05, 4.69) is 29.2 Å². The van der Waals surface area contributed by atoms with E-state index in [-0.39, 0.29) is 17.5 Å². The Morgan fingerprint density at radius 2 is 1.88 bits per heavy atom. The van der Waals surface area contributed by atoms with Crippen molar-refractivity contribution in [3.05, 3.63) is 47.5 Å². The fraction of sp³-hybridized carbons (Fsp3) is 0.536. The molecule has 2 atom stereocenters. The molecule has 6 nitrogen and oxygen atoms in total. The molecule has 4 fully saturated rings. The number of rotatable bonds is 5. The van der Waals surface area contributed by atoms with Crippen LogP contribution in [0.4, 0.5) is 4.79 Å². The van der Waals surface area contributed by atoms with Crippen LogP contribution in [0.3, 0.4) is 0 Å². The van der Waals surface area contributed by atoms with Crippen molar-refractivity contribution in [2.24, 2.45) is 11.3 Å². The number of hydrogen-bond donors (Lipinski definition) is 1. The van der Waals surface area contributed by atoms with E-state index in [1.165, 1.54) is 11.1 Å². The van der Waals surface area contributed by atoms with E-state index in [1.54, 1.807) is 14.2 Å².